The molecule has 0 aromatic heterocycles. The van der Waals surface area contributed by atoms with Crippen molar-refractivity contribution in [1.29, 1.82) is 0 Å². The van der Waals surface area contributed by atoms with Crippen LogP contribution in [0, 0.1) is 0 Å². The van der Waals surface area contributed by atoms with E-state index in [0.29, 0.717) is 17.2 Å². The Hall–Kier alpha value is -0.800. The van der Waals surface area contributed by atoms with Crippen molar-refractivity contribution in [2.75, 3.05) is 6.61 Å². The summed E-state index contributed by atoms with van der Waals surface area (Å²) in [4.78, 5) is 11.4. The monoisotopic (exact) mass is 302 g/mol. The van der Waals surface area contributed by atoms with Gasteiger partial charge in [0.05, 0.1) is 11.6 Å². The van der Waals surface area contributed by atoms with Gasteiger partial charge in [-0.05, 0) is 53.5 Å². The highest BCUT2D eigenvalue weighted by Crippen LogP contribution is 2.24. The Morgan fingerprint density at radius 1 is 1.56 bits per heavy atom. The third-order valence-electron chi connectivity index (χ3n) is 1.92. The first kappa shape index (κ1) is 13.3. The van der Waals surface area contributed by atoms with Gasteiger partial charge in [0.25, 0.3) is 0 Å². The third kappa shape index (κ3) is 3.65. The highest BCUT2D eigenvalue weighted by atomic mass is 79.9. The smallest absolute Gasteiger partial charge is 0.333 e. The maximum Gasteiger partial charge on any atom is 0.333 e. The van der Waals surface area contributed by atoms with E-state index in [4.69, 9.17) is 16.3 Å². The number of benzene rings is 1. The molecule has 0 amide bonds. The Morgan fingerprint density at radius 2 is 2.25 bits per heavy atom. The molecule has 0 heterocycles. The number of ether oxygens (including phenoxy) is 1. The molecular formula is C12H12BrClO2. The Labute approximate surface area is 108 Å². The molecule has 0 aliphatic heterocycles. The fourth-order valence-electron chi connectivity index (χ4n) is 1.16. The van der Waals surface area contributed by atoms with Crippen molar-refractivity contribution in [3.05, 3.63) is 38.8 Å². The first-order valence-electron chi connectivity index (χ1n) is 4.85. The molecule has 0 bridgehead atoms. The van der Waals surface area contributed by atoms with Gasteiger partial charge in [0, 0.05) is 10.0 Å². The SMILES string of the molecule is CCOC(=O)/C(C)=C/c1ccc(Cl)c(Br)c1. The second-order valence-corrected chi connectivity index (χ2v) is 4.48. The number of hydrogen-bond acceptors (Lipinski definition) is 2. The number of hydrogen-bond donors (Lipinski definition) is 0. The molecule has 0 saturated heterocycles. The highest BCUT2D eigenvalue weighted by Gasteiger charge is 2.05. The minimum Gasteiger partial charge on any atom is -0.463 e. The van der Waals surface area contributed by atoms with E-state index in [2.05, 4.69) is 15.9 Å². The lowest BCUT2D eigenvalue weighted by Crippen LogP contribution is -2.04. The van der Waals surface area contributed by atoms with E-state index in [1.54, 1.807) is 26.0 Å². The Morgan fingerprint density at radius 3 is 2.81 bits per heavy atom. The first-order chi connectivity index (χ1) is 7.54. The van der Waals surface area contributed by atoms with Crippen molar-refractivity contribution in [3.8, 4) is 0 Å². The minimum absolute atomic E-state index is 0.298. The molecule has 0 aliphatic rings. The number of esters is 1. The quantitative estimate of drug-likeness (QED) is 0.621. The van der Waals surface area contributed by atoms with Crippen LogP contribution in [-0.2, 0) is 9.53 Å². The van der Waals surface area contributed by atoms with E-state index in [1.165, 1.54) is 0 Å². The van der Waals surface area contributed by atoms with E-state index in [1.807, 2.05) is 12.1 Å². The van der Waals surface area contributed by atoms with Crippen LogP contribution >= 0.6 is 27.5 Å². The topological polar surface area (TPSA) is 26.3 Å². The van der Waals surface area contributed by atoms with Gasteiger partial charge in [-0.15, -0.1) is 0 Å². The minimum atomic E-state index is -0.298. The zero-order chi connectivity index (χ0) is 12.1. The van der Waals surface area contributed by atoms with Gasteiger partial charge in [0.1, 0.15) is 0 Å². The van der Waals surface area contributed by atoms with Gasteiger partial charge in [-0.3, -0.25) is 0 Å². The standard InChI is InChI=1S/C12H12BrClO2/c1-3-16-12(15)8(2)6-9-4-5-11(14)10(13)7-9/h4-7H,3H2,1-2H3/b8-6+. The van der Waals surface area contributed by atoms with E-state index < -0.39 is 0 Å². The summed E-state index contributed by atoms with van der Waals surface area (Å²) in [5, 5.41) is 0.644. The third-order valence-corrected chi connectivity index (χ3v) is 3.14. The van der Waals surface area contributed by atoms with Gasteiger partial charge < -0.3 is 4.74 Å². The van der Waals surface area contributed by atoms with Gasteiger partial charge in [-0.25, -0.2) is 4.79 Å². The molecule has 0 spiro atoms. The largest absolute Gasteiger partial charge is 0.463 e. The molecule has 16 heavy (non-hydrogen) atoms. The molecule has 86 valence electrons. The van der Waals surface area contributed by atoms with Crippen molar-refractivity contribution < 1.29 is 9.53 Å². The van der Waals surface area contributed by atoms with Crippen molar-refractivity contribution in [3.63, 3.8) is 0 Å². The van der Waals surface area contributed by atoms with Gasteiger partial charge in [-0.1, -0.05) is 17.7 Å². The fourth-order valence-corrected chi connectivity index (χ4v) is 1.67. The second kappa shape index (κ2) is 6.06. The van der Waals surface area contributed by atoms with Crippen LogP contribution in [0.25, 0.3) is 6.08 Å². The van der Waals surface area contributed by atoms with Crippen LogP contribution in [0.15, 0.2) is 28.2 Å². The average molecular weight is 304 g/mol. The number of carbonyl (C=O) groups is 1. The maximum atomic E-state index is 11.4. The van der Waals surface area contributed by atoms with Crippen molar-refractivity contribution >= 4 is 39.6 Å². The predicted molar refractivity (Wildman–Crippen MR) is 69.4 cm³/mol. The molecular weight excluding hydrogens is 291 g/mol. The first-order valence-corrected chi connectivity index (χ1v) is 6.02. The molecule has 0 N–H and O–H groups in total. The van der Waals surface area contributed by atoms with Gasteiger partial charge >= 0.3 is 5.97 Å². The van der Waals surface area contributed by atoms with Gasteiger partial charge in [0.15, 0.2) is 0 Å². The number of rotatable bonds is 3. The van der Waals surface area contributed by atoms with Crippen molar-refractivity contribution in [1.82, 2.24) is 0 Å². The second-order valence-electron chi connectivity index (χ2n) is 3.22. The number of halogens is 2. The van der Waals surface area contributed by atoms with Crippen LogP contribution in [0.4, 0.5) is 0 Å². The number of carbonyl (C=O) groups excluding carboxylic acids is 1. The summed E-state index contributed by atoms with van der Waals surface area (Å²) >= 11 is 9.20. The summed E-state index contributed by atoms with van der Waals surface area (Å²) in [6.07, 6.45) is 1.76. The molecule has 0 radical (unpaired) electrons. The molecule has 1 aromatic rings. The highest BCUT2D eigenvalue weighted by molar-refractivity contribution is 9.10. The summed E-state index contributed by atoms with van der Waals surface area (Å²) in [5.41, 5.74) is 1.47. The molecule has 1 rings (SSSR count). The van der Waals surface area contributed by atoms with Gasteiger partial charge in [-0.2, -0.15) is 0 Å². The normalized spacial score (nSPS) is 11.4. The molecule has 0 unspecified atom stereocenters. The zero-order valence-electron chi connectivity index (χ0n) is 9.09. The Balaban J connectivity index is 2.89. The molecule has 1 aromatic carbocycles. The molecule has 0 aliphatic carbocycles. The van der Waals surface area contributed by atoms with E-state index in [9.17, 15) is 4.79 Å². The van der Waals surface area contributed by atoms with E-state index >= 15 is 0 Å². The van der Waals surface area contributed by atoms with Crippen LogP contribution in [0.3, 0.4) is 0 Å². The predicted octanol–water partition coefficient (Wildman–Crippen LogP) is 4.07. The molecule has 0 saturated carbocycles. The summed E-state index contributed by atoms with van der Waals surface area (Å²) in [7, 11) is 0. The van der Waals surface area contributed by atoms with Crippen LogP contribution < -0.4 is 0 Å². The Kier molecular flexibility index (Phi) is 5.03. The van der Waals surface area contributed by atoms with Crippen LogP contribution in [-0.4, -0.2) is 12.6 Å². The van der Waals surface area contributed by atoms with Crippen LogP contribution in [0.1, 0.15) is 19.4 Å². The summed E-state index contributed by atoms with van der Waals surface area (Å²) in [6.45, 7) is 3.89. The molecule has 0 fully saturated rings. The lowest BCUT2D eigenvalue weighted by molar-refractivity contribution is -0.138. The zero-order valence-corrected chi connectivity index (χ0v) is 11.4. The van der Waals surface area contributed by atoms with E-state index in [-0.39, 0.29) is 5.97 Å². The average Bonchev–Trinajstić information content (AvgIpc) is 2.24. The summed E-state index contributed by atoms with van der Waals surface area (Å²) < 4.78 is 5.69. The van der Waals surface area contributed by atoms with Crippen molar-refractivity contribution in [2.45, 2.75) is 13.8 Å². The molecule has 4 heteroatoms. The fraction of sp³-hybridized carbons (Fsp3) is 0.250. The summed E-state index contributed by atoms with van der Waals surface area (Å²) in [5.74, 6) is -0.298. The maximum absolute atomic E-state index is 11.4. The van der Waals surface area contributed by atoms with Crippen molar-refractivity contribution in [2.24, 2.45) is 0 Å². The molecule has 0 atom stereocenters. The van der Waals surface area contributed by atoms with E-state index in [0.717, 1.165) is 10.0 Å². The van der Waals surface area contributed by atoms with Crippen LogP contribution in [0.5, 0.6) is 0 Å². The molecule has 2 nitrogen and oxygen atoms in total. The van der Waals surface area contributed by atoms with Crippen LogP contribution in [0.2, 0.25) is 5.02 Å². The Bertz CT molecular complexity index is 427. The summed E-state index contributed by atoms with van der Waals surface area (Å²) in [6, 6.07) is 5.47. The lowest BCUT2D eigenvalue weighted by Gasteiger charge is -2.02. The van der Waals surface area contributed by atoms with Gasteiger partial charge in [0.2, 0.25) is 0 Å². The lowest BCUT2D eigenvalue weighted by atomic mass is 10.1.